The number of halogens is 1. The van der Waals surface area contributed by atoms with E-state index in [2.05, 4.69) is 6.92 Å². The molecule has 0 aromatic carbocycles. The van der Waals surface area contributed by atoms with Crippen LogP contribution >= 0.6 is 22.9 Å². The minimum atomic E-state index is -0.0188. The second-order valence-corrected chi connectivity index (χ2v) is 6.61. The van der Waals surface area contributed by atoms with Gasteiger partial charge in [-0.3, -0.25) is 9.69 Å². The van der Waals surface area contributed by atoms with Crippen LogP contribution in [0.1, 0.15) is 24.3 Å². The van der Waals surface area contributed by atoms with Crippen molar-refractivity contribution in [3.63, 3.8) is 0 Å². The van der Waals surface area contributed by atoms with Crippen LogP contribution in [0.15, 0.2) is 12.1 Å². The maximum absolute atomic E-state index is 11.8. The number of nitrogens with two attached hydrogens (primary N) is 1. The van der Waals surface area contributed by atoms with Gasteiger partial charge in [0.2, 0.25) is 5.91 Å². The van der Waals surface area contributed by atoms with Gasteiger partial charge in [-0.25, -0.2) is 0 Å². The molecule has 0 aliphatic heterocycles. The van der Waals surface area contributed by atoms with Gasteiger partial charge in [-0.05, 0) is 25.6 Å². The number of carbonyl (C=O) groups excluding carboxylic acids is 1. The van der Waals surface area contributed by atoms with Gasteiger partial charge in [-0.15, -0.1) is 11.3 Å². The first kappa shape index (κ1) is 16.4. The molecule has 2 N–H and O–H groups in total. The summed E-state index contributed by atoms with van der Waals surface area (Å²) in [7, 11) is 5.44. The predicted octanol–water partition coefficient (Wildman–Crippen LogP) is 2.20. The molecule has 1 rings (SSSR count). The first-order chi connectivity index (χ1) is 8.86. The zero-order chi connectivity index (χ0) is 14.6. The van der Waals surface area contributed by atoms with Crippen LogP contribution < -0.4 is 5.73 Å². The van der Waals surface area contributed by atoms with Crippen molar-refractivity contribution in [2.75, 3.05) is 27.7 Å². The zero-order valence-corrected chi connectivity index (χ0v) is 13.5. The quantitative estimate of drug-likeness (QED) is 0.876. The molecule has 108 valence electrons. The van der Waals surface area contributed by atoms with E-state index in [1.54, 1.807) is 19.0 Å². The third-order valence-electron chi connectivity index (χ3n) is 3.12. The summed E-state index contributed by atoms with van der Waals surface area (Å²) in [6.07, 6.45) is 0.848. The molecule has 0 fully saturated rings. The molecule has 19 heavy (non-hydrogen) atoms. The topological polar surface area (TPSA) is 49.6 Å². The fraction of sp³-hybridized carbons (Fsp3) is 0.615. The number of hydrogen-bond acceptors (Lipinski definition) is 4. The third-order valence-corrected chi connectivity index (χ3v) is 4.42. The van der Waals surface area contributed by atoms with Crippen LogP contribution in [-0.4, -0.2) is 49.4 Å². The monoisotopic (exact) mass is 303 g/mol. The first-order valence-electron chi connectivity index (χ1n) is 6.28. The maximum atomic E-state index is 11.8. The number of carbonyl (C=O) groups is 1. The molecule has 0 aliphatic rings. The Bertz CT molecular complexity index is 422. The summed E-state index contributed by atoms with van der Waals surface area (Å²) < 4.78 is 0.746. The molecular weight excluding hydrogens is 282 g/mol. The Labute approximate surface area is 124 Å². The average Bonchev–Trinajstić information content (AvgIpc) is 2.75. The number of thiophene rings is 1. The zero-order valence-electron chi connectivity index (χ0n) is 11.9. The SMILES string of the molecule is CCC(N)C(c1ccc(Cl)s1)N(C)CC(=O)N(C)C. The molecule has 4 nitrogen and oxygen atoms in total. The normalized spacial score (nSPS) is 14.5. The van der Waals surface area contributed by atoms with Gasteiger partial charge >= 0.3 is 0 Å². The highest BCUT2D eigenvalue weighted by atomic mass is 35.5. The maximum Gasteiger partial charge on any atom is 0.236 e. The molecule has 0 aliphatic carbocycles. The van der Waals surface area contributed by atoms with E-state index in [9.17, 15) is 4.79 Å². The van der Waals surface area contributed by atoms with Gasteiger partial charge in [0.15, 0.2) is 0 Å². The number of likely N-dealkylation sites (N-methyl/N-ethyl adjacent to an activating group) is 2. The van der Waals surface area contributed by atoms with Gasteiger partial charge < -0.3 is 10.6 Å². The minimum Gasteiger partial charge on any atom is -0.348 e. The fourth-order valence-corrected chi connectivity index (χ4v) is 3.22. The Hall–Kier alpha value is -0.620. The Morgan fingerprint density at radius 3 is 2.47 bits per heavy atom. The molecule has 2 atom stereocenters. The van der Waals surface area contributed by atoms with Crippen LogP contribution in [0.5, 0.6) is 0 Å². The molecule has 0 saturated carbocycles. The van der Waals surface area contributed by atoms with E-state index in [1.165, 1.54) is 11.3 Å². The summed E-state index contributed by atoms with van der Waals surface area (Å²) in [5.41, 5.74) is 6.21. The molecule has 1 aromatic heterocycles. The highest BCUT2D eigenvalue weighted by Gasteiger charge is 2.26. The minimum absolute atomic E-state index is 0.0188. The fourth-order valence-electron chi connectivity index (χ4n) is 1.92. The summed E-state index contributed by atoms with van der Waals surface area (Å²) in [6, 6.07) is 3.86. The average molecular weight is 304 g/mol. The van der Waals surface area contributed by atoms with Gasteiger partial charge in [-0.2, -0.15) is 0 Å². The molecule has 6 heteroatoms. The van der Waals surface area contributed by atoms with E-state index in [4.69, 9.17) is 17.3 Å². The first-order valence-corrected chi connectivity index (χ1v) is 7.47. The largest absolute Gasteiger partial charge is 0.348 e. The summed E-state index contributed by atoms with van der Waals surface area (Å²) in [5.74, 6) is 0.0680. The van der Waals surface area contributed by atoms with Crippen LogP contribution in [-0.2, 0) is 4.79 Å². The van der Waals surface area contributed by atoms with E-state index in [0.29, 0.717) is 6.54 Å². The molecule has 0 saturated heterocycles. The molecule has 1 heterocycles. The van der Waals surface area contributed by atoms with Gasteiger partial charge in [0, 0.05) is 25.0 Å². The highest BCUT2D eigenvalue weighted by Crippen LogP contribution is 2.32. The lowest BCUT2D eigenvalue weighted by atomic mass is 10.0. The second kappa shape index (κ2) is 7.24. The summed E-state index contributed by atoms with van der Waals surface area (Å²) in [4.78, 5) is 16.5. The number of rotatable bonds is 6. The lowest BCUT2D eigenvalue weighted by Crippen LogP contribution is -2.43. The second-order valence-electron chi connectivity index (χ2n) is 4.86. The Morgan fingerprint density at radius 2 is 2.05 bits per heavy atom. The third kappa shape index (κ3) is 4.45. The molecule has 2 unspecified atom stereocenters. The van der Waals surface area contributed by atoms with Crippen molar-refractivity contribution in [1.29, 1.82) is 0 Å². The standard InChI is InChI=1S/C13H22ClN3OS/c1-5-9(15)13(10-6-7-11(14)19-10)17(4)8-12(18)16(2)3/h6-7,9,13H,5,8,15H2,1-4H3. The van der Waals surface area contributed by atoms with Crippen LogP contribution in [0.25, 0.3) is 0 Å². The van der Waals surface area contributed by atoms with E-state index in [1.807, 2.05) is 24.1 Å². The number of nitrogens with zero attached hydrogens (tertiary/aromatic N) is 2. The van der Waals surface area contributed by atoms with Gasteiger partial charge in [0.1, 0.15) is 0 Å². The van der Waals surface area contributed by atoms with Crippen molar-refractivity contribution in [2.24, 2.45) is 5.73 Å². The van der Waals surface area contributed by atoms with Crippen molar-refractivity contribution in [3.8, 4) is 0 Å². The van der Waals surface area contributed by atoms with Gasteiger partial charge in [0.05, 0.1) is 16.9 Å². The summed E-state index contributed by atoms with van der Waals surface area (Å²) >= 11 is 7.52. The van der Waals surface area contributed by atoms with Crippen LogP contribution in [0.2, 0.25) is 4.34 Å². The summed E-state index contributed by atoms with van der Waals surface area (Å²) in [6.45, 7) is 2.40. The molecular formula is C13H22ClN3OS. The van der Waals surface area contributed by atoms with Crippen molar-refractivity contribution < 1.29 is 4.79 Å². The Morgan fingerprint density at radius 1 is 1.42 bits per heavy atom. The molecule has 0 spiro atoms. The summed E-state index contributed by atoms with van der Waals surface area (Å²) in [5, 5.41) is 0. The smallest absolute Gasteiger partial charge is 0.236 e. The lowest BCUT2D eigenvalue weighted by molar-refractivity contribution is -0.130. The highest BCUT2D eigenvalue weighted by molar-refractivity contribution is 7.16. The van der Waals surface area contributed by atoms with E-state index in [-0.39, 0.29) is 18.0 Å². The molecule has 1 amide bonds. The molecule has 0 radical (unpaired) electrons. The van der Waals surface area contributed by atoms with E-state index >= 15 is 0 Å². The Balaban J connectivity index is 2.88. The van der Waals surface area contributed by atoms with Crippen molar-refractivity contribution in [3.05, 3.63) is 21.3 Å². The van der Waals surface area contributed by atoms with Crippen molar-refractivity contribution in [2.45, 2.75) is 25.4 Å². The van der Waals surface area contributed by atoms with Gasteiger partial charge in [0.25, 0.3) is 0 Å². The van der Waals surface area contributed by atoms with E-state index in [0.717, 1.165) is 15.6 Å². The van der Waals surface area contributed by atoms with Crippen molar-refractivity contribution in [1.82, 2.24) is 9.80 Å². The van der Waals surface area contributed by atoms with E-state index < -0.39 is 0 Å². The van der Waals surface area contributed by atoms with Gasteiger partial charge in [-0.1, -0.05) is 18.5 Å². The number of amides is 1. The molecule has 1 aromatic rings. The van der Waals surface area contributed by atoms with Crippen molar-refractivity contribution >= 4 is 28.8 Å². The van der Waals surface area contributed by atoms with Crippen LogP contribution in [0.3, 0.4) is 0 Å². The predicted molar refractivity (Wildman–Crippen MR) is 81.7 cm³/mol. The van der Waals surface area contributed by atoms with Crippen LogP contribution in [0.4, 0.5) is 0 Å². The molecule has 0 bridgehead atoms. The van der Waals surface area contributed by atoms with Crippen LogP contribution in [0, 0.1) is 0 Å². The lowest BCUT2D eigenvalue weighted by Gasteiger charge is -2.31. The number of hydrogen-bond donors (Lipinski definition) is 1. The Kier molecular flexibility index (Phi) is 6.26.